The van der Waals surface area contributed by atoms with Crippen LogP contribution in [-0.4, -0.2) is 155 Å². The number of anilines is 14. The van der Waals surface area contributed by atoms with Crippen molar-refractivity contribution < 1.29 is 62.8 Å². The molecule has 38 heteroatoms. The van der Waals surface area contributed by atoms with Gasteiger partial charge in [-0.2, -0.15) is 4.39 Å². The first-order valence-electron chi connectivity index (χ1n) is 46.8. The number of para-hydroxylation sites is 13. The maximum Gasteiger partial charge on any atom is 0.305 e. The standard InChI is InChI=1S/C20H21N3O3.C19H20N4O3.C15H14ClN3O.C15H13N3O.C9H10N2O2.C9H12N2.C6H3Cl2NO.C6H4FNO2.C3H7N.C2H6O/c1-26-18(24)9-5-13-22-16-7-2-3-8-17(16)23(14-10-11-14)19-15(20(22)25)6-4-12-21-19;24-17(21-26)8-4-12-22-15-6-1-2-7-16(15)23(13-9-10-13)18-14(19(22)25)5-3-11-20-18;16-14-11(4-3-9-17-14)15(20)19-13-6-2-1-5-12(13)18-10-7-8-10;19-15-11-4-3-9-16-14(11)18(10-7-8-10)13-6-2-1-5-12(13)17-15;12-11(13)9-4-2-1-3-8(9)10-7-5-6-7;10-8-3-1-2-4-9(8)11-7-5-6-7;7-5-4(6(8)10)2-1-3-9-5;7-5-3-1-2-4-6(5)8(9)10;4-3-1-2-3;1-2-3/h2-4,6-8,12,14H,5,9-11,13H2,1H3;1-3,5-7,11,13,26H,4,8-10,12H2,(H,21,24);1-6,9-10,18H,7-8H2,(H,19,20);1-6,9-10H,7-8H2,(H,17,19);1-4,7,10H,5-6H2;1-4,7,11H,5-6,10H2;1-3H;1-4H;3H,1-2,4H2;3H,2H2,1H3. The van der Waals surface area contributed by atoms with Crippen LogP contribution in [0.15, 0.2) is 262 Å². The molecule has 34 nitrogen and oxygen atoms in total. The maximum atomic E-state index is 13.3. The van der Waals surface area contributed by atoms with Gasteiger partial charge < -0.3 is 72.4 Å². The van der Waals surface area contributed by atoms with Crippen LogP contribution in [0.2, 0.25) is 10.3 Å². The Morgan fingerprint density at radius 1 is 0.479 bits per heavy atom. The first kappa shape index (κ1) is 104. The second kappa shape index (κ2) is 51.1. The highest BCUT2D eigenvalue weighted by Gasteiger charge is 2.42. The van der Waals surface area contributed by atoms with E-state index >= 15 is 0 Å². The average Bonchev–Trinajstić information content (AvgIpc) is 1.61. The van der Waals surface area contributed by atoms with E-state index in [9.17, 15) is 58.2 Å². The number of esters is 1. The van der Waals surface area contributed by atoms with Crippen LogP contribution in [0.5, 0.6) is 0 Å². The zero-order valence-electron chi connectivity index (χ0n) is 78.0. The molecule has 5 aromatic heterocycles. The molecule has 3 aliphatic heterocycles. The minimum Gasteiger partial charge on any atom is -0.469 e. The van der Waals surface area contributed by atoms with Crippen molar-refractivity contribution in [2.45, 2.75) is 165 Å². The topological polar surface area (TPSA) is 460 Å². The summed E-state index contributed by atoms with van der Waals surface area (Å²) >= 11 is 16.6. The normalized spacial score (nSPS) is 15.0. The second-order valence-corrected chi connectivity index (χ2v) is 35.1. The third-order valence-corrected chi connectivity index (χ3v) is 23.7. The molecule has 12 N–H and O–H groups in total. The van der Waals surface area contributed by atoms with Crippen molar-refractivity contribution in [3.63, 3.8) is 0 Å². The fourth-order valence-electron chi connectivity index (χ4n) is 14.8. The van der Waals surface area contributed by atoms with Crippen molar-refractivity contribution in [3.8, 4) is 0 Å². The van der Waals surface area contributed by atoms with Crippen LogP contribution >= 0.6 is 34.8 Å². The molecule has 0 bridgehead atoms. The number of hydrogen-bond acceptors (Lipinski definition) is 27. The van der Waals surface area contributed by atoms with Gasteiger partial charge in [0.2, 0.25) is 11.7 Å². The Bertz CT molecular complexity index is 6210. The highest BCUT2D eigenvalue weighted by atomic mass is 35.5. The Labute approximate surface area is 835 Å². The molecule has 0 radical (unpaired) electrons. The van der Waals surface area contributed by atoms with Gasteiger partial charge in [-0.25, -0.2) is 30.4 Å². The van der Waals surface area contributed by atoms with Gasteiger partial charge >= 0.3 is 11.7 Å². The first-order chi connectivity index (χ1) is 68.9. The zero-order chi connectivity index (χ0) is 101. The minimum absolute atomic E-state index is 0.0754. The van der Waals surface area contributed by atoms with Gasteiger partial charge in [0.05, 0.1) is 102 Å². The van der Waals surface area contributed by atoms with Crippen LogP contribution in [0.1, 0.15) is 174 Å². The second-order valence-electron chi connectivity index (χ2n) is 34.0. The maximum absolute atomic E-state index is 13.3. The smallest absolute Gasteiger partial charge is 0.305 e. The summed E-state index contributed by atoms with van der Waals surface area (Å²) in [6.07, 6.45) is 26.0. The molecule has 0 unspecified atom stereocenters. The van der Waals surface area contributed by atoms with E-state index in [1.807, 2.05) is 133 Å². The number of carbonyl (C=O) groups is 7. The predicted octanol–water partition coefficient (Wildman–Crippen LogP) is 20.4. The van der Waals surface area contributed by atoms with Crippen LogP contribution < -0.4 is 68.0 Å². The molecule has 0 spiro atoms. The van der Waals surface area contributed by atoms with Crippen LogP contribution in [0.25, 0.3) is 0 Å². The third kappa shape index (κ3) is 29.7. The monoisotopic (exact) mass is 1990 g/mol. The van der Waals surface area contributed by atoms with E-state index < -0.39 is 27.6 Å². The Balaban J connectivity index is 0.000000138. The lowest BCUT2D eigenvalue weighted by Crippen LogP contribution is -2.32. The number of nitrogens with two attached hydrogens (primary N) is 2. The van der Waals surface area contributed by atoms with E-state index in [4.69, 9.17) is 61.3 Å². The molecule has 0 saturated heterocycles. The molecule has 738 valence electrons. The van der Waals surface area contributed by atoms with Crippen molar-refractivity contribution in [2.75, 3.05) is 83.6 Å². The number of ether oxygens (including phenoxy) is 1. The van der Waals surface area contributed by atoms with Crippen molar-refractivity contribution in [1.29, 1.82) is 0 Å². The van der Waals surface area contributed by atoms with Crippen molar-refractivity contribution >= 4 is 167 Å². The lowest BCUT2D eigenvalue weighted by atomic mass is 10.2. The van der Waals surface area contributed by atoms with Gasteiger partial charge in [-0.15, -0.1) is 0 Å². The minimum atomic E-state index is -0.799. The Hall–Kier alpha value is -15.1. The summed E-state index contributed by atoms with van der Waals surface area (Å²) in [5.74, 6) is 0.142. The molecule has 7 aliphatic carbocycles. The van der Waals surface area contributed by atoms with Gasteiger partial charge in [0.1, 0.15) is 33.4 Å². The van der Waals surface area contributed by atoms with Crippen molar-refractivity contribution in [1.82, 2.24) is 30.4 Å². The van der Waals surface area contributed by atoms with Crippen molar-refractivity contribution in [3.05, 3.63) is 326 Å². The van der Waals surface area contributed by atoms with Crippen molar-refractivity contribution in [2.24, 2.45) is 5.73 Å². The van der Waals surface area contributed by atoms with Gasteiger partial charge in [0.25, 0.3) is 34.6 Å². The number of hydrogen-bond donors (Lipinski definition) is 10. The van der Waals surface area contributed by atoms with Gasteiger partial charge in [-0.05, 0) is 255 Å². The van der Waals surface area contributed by atoms with E-state index in [0.717, 1.165) is 132 Å². The number of nitro groups is 2. The Kier molecular flexibility index (Phi) is 37.5. The number of halogens is 4. The molecular weight excluding hydrogens is 1880 g/mol. The van der Waals surface area contributed by atoms with E-state index in [1.54, 1.807) is 108 Å². The zero-order valence-corrected chi connectivity index (χ0v) is 80.3. The number of aliphatic hydroxyl groups is 1. The summed E-state index contributed by atoms with van der Waals surface area (Å²) in [4.78, 5) is 135. The summed E-state index contributed by atoms with van der Waals surface area (Å²) in [7, 11) is 1.38. The average molecular weight is 1990 g/mol. The first-order valence-corrected chi connectivity index (χ1v) is 47.9. The van der Waals surface area contributed by atoms with Gasteiger partial charge in [0, 0.05) is 118 Å². The number of amides is 5. The summed E-state index contributed by atoms with van der Waals surface area (Å²) in [5.41, 5.74) is 24.5. The number of nitrogens with one attached hydrogen (secondary N) is 6. The number of aromatic nitrogens is 5. The number of rotatable bonds is 22. The van der Waals surface area contributed by atoms with Crippen LogP contribution in [0.4, 0.5) is 95.8 Å². The molecular formula is C104H110Cl3FN20O14. The number of fused-ring (bicyclic) bond motifs is 6. The highest BCUT2D eigenvalue weighted by molar-refractivity contribution is 6.68. The number of pyridine rings is 5. The quantitative estimate of drug-likeness (QED) is 0.00573. The molecule has 22 rings (SSSR count). The number of nitro benzene ring substituents is 2. The number of benzene rings is 7. The van der Waals surface area contributed by atoms with Crippen LogP contribution in [0.3, 0.4) is 0 Å². The molecule has 8 heterocycles. The third-order valence-electron chi connectivity index (χ3n) is 22.8. The fraction of sp³-hybridized carbons (Fsp3) is 0.288. The molecule has 5 amide bonds. The fourth-order valence-corrected chi connectivity index (χ4v) is 15.4. The van der Waals surface area contributed by atoms with Crippen LogP contribution in [-0.2, 0) is 14.3 Å². The summed E-state index contributed by atoms with van der Waals surface area (Å²) in [5, 5.41) is 52.3. The highest BCUT2D eigenvalue weighted by Crippen LogP contribution is 2.49. The lowest BCUT2D eigenvalue weighted by Gasteiger charge is -2.26. The Morgan fingerprint density at radius 2 is 0.859 bits per heavy atom. The molecule has 0 atom stereocenters. The number of aliphatic hydroxyl groups excluding tert-OH is 1. The molecule has 7 saturated carbocycles. The summed E-state index contributed by atoms with van der Waals surface area (Å²) < 4.78 is 17.1. The number of nitrogen functional groups attached to an aromatic ring is 1. The summed E-state index contributed by atoms with van der Waals surface area (Å²) in [6.45, 7) is 2.77. The van der Waals surface area contributed by atoms with E-state index in [2.05, 4.69) is 66.2 Å². The molecule has 7 aromatic carbocycles. The van der Waals surface area contributed by atoms with Gasteiger partial charge in [0.15, 0.2) is 0 Å². The number of nitrogens with zero attached hydrogens (tertiary/aromatic N) is 12. The summed E-state index contributed by atoms with van der Waals surface area (Å²) in [6, 6.07) is 71.7. The molecule has 142 heavy (non-hydrogen) atoms. The number of hydroxylamine groups is 1. The van der Waals surface area contributed by atoms with E-state index in [-0.39, 0.29) is 75.5 Å². The predicted molar refractivity (Wildman–Crippen MR) is 549 cm³/mol. The van der Waals surface area contributed by atoms with Gasteiger partial charge in [-0.1, -0.05) is 108 Å². The van der Waals surface area contributed by atoms with Gasteiger partial charge in [-0.3, -0.25) is 59.0 Å². The molecule has 12 aromatic rings. The molecule has 7 fully saturated rings. The van der Waals surface area contributed by atoms with Crippen LogP contribution in [0, 0.1) is 26.0 Å². The lowest BCUT2D eigenvalue weighted by molar-refractivity contribution is -0.387. The van der Waals surface area contributed by atoms with E-state index in [1.165, 1.54) is 76.1 Å². The van der Waals surface area contributed by atoms with E-state index in [0.29, 0.717) is 102 Å². The SMILES string of the molecule is CCO.COC(=O)CCCN1C(=O)c2cccnc2N(C2CC2)c2ccccc21.NC1CC1.Nc1ccccc1NC1CC1.O=C(CCCN1C(=O)c2cccnc2N(C2CC2)c2ccccc21)NO.O=C(Cl)c1cccnc1Cl.O=C(Nc1ccccc1NC1CC1)c1cccnc1Cl.O=C1Nc2ccccc2N(C2CC2)c2ncccc21.O=[N+]([O-])c1ccccc1F.O=[N+]([O-])c1ccccc1NC1CC1. The number of carbonyl (C=O) groups excluding carboxylic acids is 7. The largest absolute Gasteiger partial charge is 0.469 e. The Morgan fingerprint density at radius 3 is 1.30 bits per heavy atom. The number of methoxy groups -OCH3 is 1. The molecule has 10 aliphatic rings.